The molecule has 0 radical (unpaired) electrons. The first-order chi connectivity index (χ1) is 7.02. The van der Waals surface area contributed by atoms with Gasteiger partial charge in [0.05, 0.1) is 16.0 Å². The van der Waals surface area contributed by atoms with Gasteiger partial charge in [-0.1, -0.05) is 17.7 Å². The number of nitro benzene ring substituents is 1. The van der Waals surface area contributed by atoms with Crippen molar-refractivity contribution in [1.82, 2.24) is 0 Å². The molecule has 1 aromatic rings. The fourth-order valence-electron chi connectivity index (χ4n) is 1.09. The number of hydrogen-bond donors (Lipinski definition) is 2. The highest BCUT2D eigenvalue weighted by atomic mass is 35.5. The molecule has 0 saturated heterocycles. The second kappa shape index (κ2) is 4.95. The molecular weight excluding hydrogens is 220 g/mol. The van der Waals surface area contributed by atoms with Gasteiger partial charge in [-0.25, -0.2) is 0 Å². The molecule has 0 aromatic heterocycles. The van der Waals surface area contributed by atoms with Crippen LogP contribution in [0.1, 0.15) is 6.92 Å². The summed E-state index contributed by atoms with van der Waals surface area (Å²) >= 11 is 5.81. The Morgan fingerprint density at radius 2 is 2.33 bits per heavy atom. The zero-order chi connectivity index (χ0) is 11.4. The Hall–Kier alpha value is -1.33. The maximum Gasteiger partial charge on any atom is 0.293 e. The first-order valence-corrected chi connectivity index (χ1v) is 4.75. The minimum Gasteiger partial charge on any atom is -0.392 e. The Labute approximate surface area is 91.8 Å². The van der Waals surface area contributed by atoms with Gasteiger partial charge in [0.2, 0.25) is 0 Å². The van der Waals surface area contributed by atoms with Gasteiger partial charge in [0.25, 0.3) is 5.69 Å². The monoisotopic (exact) mass is 230 g/mol. The van der Waals surface area contributed by atoms with E-state index in [1.807, 2.05) is 0 Å². The normalized spacial score (nSPS) is 12.2. The summed E-state index contributed by atoms with van der Waals surface area (Å²) in [4.78, 5) is 10.1. The number of hydrogen-bond acceptors (Lipinski definition) is 4. The van der Waals surface area contributed by atoms with Crippen molar-refractivity contribution in [3.63, 3.8) is 0 Å². The van der Waals surface area contributed by atoms with Gasteiger partial charge in [-0.15, -0.1) is 0 Å². The molecule has 0 saturated carbocycles. The Balaban J connectivity index is 2.97. The lowest BCUT2D eigenvalue weighted by Gasteiger charge is -2.09. The maximum absolute atomic E-state index is 10.7. The molecule has 0 spiro atoms. The van der Waals surface area contributed by atoms with E-state index >= 15 is 0 Å². The second-order valence-electron chi connectivity index (χ2n) is 3.12. The van der Waals surface area contributed by atoms with Gasteiger partial charge in [-0.05, 0) is 13.0 Å². The summed E-state index contributed by atoms with van der Waals surface area (Å²) < 4.78 is 0. The Morgan fingerprint density at radius 3 is 2.87 bits per heavy atom. The molecule has 1 atom stereocenters. The number of aliphatic hydroxyl groups excluding tert-OH is 1. The Kier molecular flexibility index (Phi) is 3.88. The van der Waals surface area contributed by atoms with Crippen molar-refractivity contribution in [2.45, 2.75) is 13.0 Å². The summed E-state index contributed by atoms with van der Waals surface area (Å²) in [5.74, 6) is 0. The van der Waals surface area contributed by atoms with Crippen molar-refractivity contribution in [2.24, 2.45) is 0 Å². The molecule has 0 heterocycles. The van der Waals surface area contributed by atoms with Crippen molar-refractivity contribution in [2.75, 3.05) is 11.9 Å². The van der Waals surface area contributed by atoms with Crippen LogP contribution in [0.15, 0.2) is 18.2 Å². The summed E-state index contributed by atoms with van der Waals surface area (Å²) in [5, 5.41) is 22.7. The van der Waals surface area contributed by atoms with Crippen molar-refractivity contribution < 1.29 is 10.0 Å². The van der Waals surface area contributed by atoms with Crippen molar-refractivity contribution in [3.05, 3.63) is 33.3 Å². The van der Waals surface area contributed by atoms with Crippen LogP contribution in [0.2, 0.25) is 5.02 Å². The van der Waals surface area contributed by atoms with Crippen molar-refractivity contribution in [3.8, 4) is 0 Å². The number of nitro groups is 1. The molecule has 5 nitrogen and oxygen atoms in total. The highest BCUT2D eigenvalue weighted by molar-refractivity contribution is 6.33. The van der Waals surface area contributed by atoms with Crippen LogP contribution >= 0.6 is 11.6 Å². The molecule has 0 amide bonds. The number of anilines is 1. The molecule has 0 fully saturated rings. The van der Waals surface area contributed by atoms with Crippen molar-refractivity contribution >= 4 is 23.0 Å². The lowest BCUT2D eigenvalue weighted by Crippen LogP contribution is -2.16. The molecule has 82 valence electrons. The number of aliphatic hydroxyl groups is 1. The molecule has 15 heavy (non-hydrogen) atoms. The molecule has 0 aliphatic heterocycles. The molecular formula is C9H11ClN2O3. The molecule has 0 bridgehead atoms. The fraction of sp³-hybridized carbons (Fsp3) is 0.333. The predicted octanol–water partition coefficient (Wildman–Crippen LogP) is 2.04. The van der Waals surface area contributed by atoms with Crippen LogP contribution in [-0.2, 0) is 0 Å². The molecule has 1 aromatic carbocycles. The molecule has 6 heteroatoms. The minimum absolute atomic E-state index is 0.0943. The Bertz CT molecular complexity index is 368. The van der Waals surface area contributed by atoms with Crippen LogP contribution < -0.4 is 5.32 Å². The SMILES string of the molecule is CC(O)CNc1c(Cl)cccc1[N+](=O)[O-]. The number of nitrogens with zero attached hydrogens (tertiary/aromatic N) is 1. The average molecular weight is 231 g/mol. The summed E-state index contributed by atoms with van der Waals surface area (Å²) in [6.07, 6.45) is -0.596. The van der Waals surface area contributed by atoms with Crippen LogP contribution in [-0.4, -0.2) is 22.7 Å². The molecule has 0 aliphatic carbocycles. The topological polar surface area (TPSA) is 75.4 Å². The van der Waals surface area contributed by atoms with Crippen LogP contribution in [0.25, 0.3) is 0 Å². The van der Waals surface area contributed by atoms with E-state index in [9.17, 15) is 10.1 Å². The van der Waals surface area contributed by atoms with Gasteiger partial charge in [0, 0.05) is 12.6 Å². The number of rotatable bonds is 4. The largest absolute Gasteiger partial charge is 0.392 e. The molecule has 1 rings (SSSR count). The number of benzene rings is 1. The van der Waals surface area contributed by atoms with E-state index in [4.69, 9.17) is 16.7 Å². The zero-order valence-corrected chi connectivity index (χ0v) is 8.86. The fourth-order valence-corrected chi connectivity index (χ4v) is 1.33. The van der Waals surface area contributed by atoms with Gasteiger partial charge in [0.1, 0.15) is 5.69 Å². The lowest BCUT2D eigenvalue weighted by atomic mass is 10.2. The van der Waals surface area contributed by atoms with E-state index in [2.05, 4.69) is 5.32 Å². The first kappa shape index (κ1) is 11.7. The van der Waals surface area contributed by atoms with E-state index in [1.54, 1.807) is 13.0 Å². The van der Waals surface area contributed by atoms with Crippen LogP contribution in [0, 0.1) is 10.1 Å². The first-order valence-electron chi connectivity index (χ1n) is 4.37. The van der Waals surface area contributed by atoms with Crippen LogP contribution in [0.5, 0.6) is 0 Å². The van der Waals surface area contributed by atoms with Crippen LogP contribution in [0.4, 0.5) is 11.4 Å². The summed E-state index contributed by atoms with van der Waals surface area (Å²) in [7, 11) is 0. The highest BCUT2D eigenvalue weighted by Gasteiger charge is 2.16. The van der Waals surface area contributed by atoms with Gasteiger partial charge in [-0.3, -0.25) is 10.1 Å². The molecule has 1 unspecified atom stereocenters. The van der Waals surface area contributed by atoms with E-state index in [1.165, 1.54) is 12.1 Å². The molecule has 2 N–H and O–H groups in total. The summed E-state index contributed by atoms with van der Waals surface area (Å²) in [5.41, 5.74) is 0.146. The van der Waals surface area contributed by atoms with E-state index < -0.39 is 11.0 Å². The van der Waals surface area contributed by atoms with Gasteiger partial charge >= 0.3 is 0 Å². The highest BCUT2D eigenvalue weighted by Crippen LogP contribution is 2.31. The molecule has 0 aliphatic rings. The average Bonchev–Trinajstić information content (AvgIpc) is 2.15. The second-order valence-corrected chi connectivity index (χ2v) is 3.53. The van der Waals surface area contributed by atoms with Gasteiger partial charge in [0.15, 0.2) is 0 Å². The number of nitrogens with one attached hydrogen (secondary N) is 1. The summed E-state index contributed by atoms with van der Waals surface area (Å²) in [6.45, 7) is 1.79. The third kappa shape index (κ3) is 3.07. The standard InChI is InChI=1S/C9H11ClN2O3/c1-6(13)5-11-9-7(10)3-2-4-8(9)12(14)15/h2-4,6,11,13H,5H2,1H3. The predicted molar refractivity (Wildman–Crippen MR) is 58.3 cm³/mol. The van der Waals surface area contributed by atoms with E-state index in [0.717, 1.165) is 0 Å². The van der Waals surface area contributed by atoms with E-state index in [-0.39, 0.29) is 22.9 Å². The van der Waals surface area contributed by atoms with Gasteiger partial charge in [-0.2, -0.15) is 0 Å². The maximum atomic E-state index is 10.7. The van der Waals surface area contributed by atoms with E-state index in [0.29, 0.717) is 0 Å². The van der Waals surface area contributed by atoms with Crippen LogP contribution in [0.3, 0.4) is 0 Å². The minimum atomic E-state index is -0.596. The summed E-state index contributed by atoms with van der Waals surface area (Å²) in [6, 6.07) is 4.42. The van der Waals surface area contributed by atoms with Gasteiger partial charge < -0.3 is 10.4 Å². The number of halogens is 1. The third-order valence-electron chi connectivity index (χ3n) is 1.76. The quantitative estimate of drug-likeness (QED) is 0.613. The lowest BCUT2D eigenvalue weighted by molar-refractivity contribution is -0.383. The smallest absolute Gasteiger partial charge is 0.293 e. The zero-order valence-electron chi connectivity index (χ0n) is 8.11. The number of para-hydroxylation sites is 1. The van der Waals surface area contributed by atoms with Crippen molar-refractivity contribution in [1.29, 1.82) is 0 Å². The Morgan fingerprint density at radius 1 is 1.67 bits per heavy atom. The third-order valence-corrected chi connectivity index (χ3v) is 2.08.